The van der Waals surface area contributed by atoms with E-state index in [0.717, 1.165) is 42.0 Å². The van der Waals surface area contributed by atoms with Crippen molar-refractivity contribution in [3.05, 3.63) is 53.7 Å². The van der Waals surface area contributed by atoms with Crippen LogP contribution in [0.2, 0.25) is 0 Å². The lowest BCUT2D eigenvalue weighted by Crippen LogP contribution is -2.47. The first-order valence-electron chi connectivity index (χ1n) is 12.7. The number of anilines is 3. The van der Waals surface area contributed by atoms with E-state index in [9.17, 15) is 9.18 Å². The van der Waals surface area contributed by atoms with Gasteiger partial charge in [-0.2, -0.15) is 0 Å². The van der Waals surface area contributed by atoms with Crippen molar-refractivity contribution in [2.75, 3.05) is 48.0 Å². The minimum absolute atomic E-state index is 0.239. The lowest BCUT2D eigenvalue weighted by Gasteiger charge is -2.39. The molecular formula is C26H31FN8O2. The number of aromatic nitrogens is 4. The molecule has 1 atom stereocenters. The molecule has 2 aliphatic heterocycles. The molecule has 4 heterocycles. The van der Waals surface area contributed by atoms with Crippen molar-refractivity contribution in [2.45, 2.75) is 39.3 Å². The second-order valence-electron chi connectivity index (χ2n) is 9.06. The van der Waals surface area contributed by atoms with Crippen molar-refractivity contribution in [3.8, 4) is 11.4 Å². The number of nitrogens with zero attached hydrogens (tertiary/aromatic N) is 6. The number of fused-ring (bicyclic) bond motifs is 1. The van der Waals surface area contributed by atoms with Gasteiger partial charge in [0.25, 0.3) is 0 Å². The zero-order chi connectivity index (χ0) is 25.8. The van der Waals surface area contributed by atoms with Gasteiger partial charge in [-0.3, -0.25) is 0 Å². The van der Waals surface area contributed by atoms with Crippen LogP contribution in [0.25, 0.3) is 11.4 Å². The molecule has 2 amide bonds. The molecule has 1 saturated heterocycles. The normalized spacial score (nSPS) is 17.3. The van der Waals surface area contributed by atoms with Gasteiger partial charge in [-0.1, -0.05) is 6.92 Å². The van der Waals surface area contributed by atoms with Crippen molar-refractivity contribution >= 4 is 23.5 Å². The van der Waals surface area contributed by atoms with Crippen LogP contribution >= 0.6 is 0 Å². The van der Waals surface area contributed by atoms with Crippen LogP contribution in [-0.2, 0) is 17.7 Å². The molecule has 2 N–H and O–H groups in total. The summed E-state index contributed by atoms with van der Waals surface area (Å²) in [5, 5.41) is 5.54. The van der Waals surface area contributed by atoms with Crippen LogP contribution in [0.3, 0.4) is 0 Å². The van der Waals surface area contributed by atoms with Gasteiger partial charge in [-0.15, -0.1) is 0 Å². The van der Waals surface area contributed by atoms with Crippen molar-refractivity contribution < 1.29 is 13.9 Å². The molecule has 0 spiro atoms. The third-order valence-corrected chi connectivity index (χ3v) is 6.64. The van der Waals surface area contributed by atoms with E-state index in [1.807, 2.05) is 36.1 Å². The van der Waals surface area contributed by atoms with Crippen LogP contribution < -0.4 is 20.4 Å². The van der Waals surface area contributed by atoms with E-state index in [2.05, 4.69) is 32.4 Å². The Labute approximate surface area is 215 Å². The maximum Gasteiger partial charge on any atom is 0.319 e. The van der Waals surface area contributed by atoms with Crippen molar-refractivity contribution in [1.82, 2.24) is 25.3 Å². The lowest BCUT2D eigenvalue weighted by molar-refractivity contribution is 0.0924. The van der Waals surface area contributed by atoms with Gasteiger partial charge < -0.3 is 25.2 Å². The van der Waals surface area contributed by atoms with Gasteiger partial charge in [0.1, 0.15) is 5.82 Å². The number of nitrogens with one attached hydrogen (secondary N) is 2. The highest BCUT2D eigenvalue weighted by molar-refractivity contribution is 5.89. The van der Waals surface area contributed by atoms with Crippen molar-refractivity contribution in [3.63, 3.8) is 0 Å². The van der Waals surface area contributed by atoms with Gasteiger partial charge >= 0.3 is 6.03 Å². The quantitative estimate of drug-likeness (QED) is 0.524. The highest BCUT2D eigenvalue weighted by Gasteiger charge is 2.30. The van der Waals surface area contributed by atoms with Gasteiger partial charge in [-0.05, 0) is 44.0 Å². The van der Waals surface area contributed by atoms with Crippen LogP contribution in [0, 0.1) is 5.82 Å². The lowest BCUT2D eigenvalue weighted by atomic mass is 10.0. The first kappa shape index (κ1) is 24.8. The van der Waals surface area contributed by atoms with E-state index in [-0.39, 0.29) is 12.1 Å². The van der Waals surface area contributed by atoms with Gasteiger partial charge in [0.05, 0.1) is 43.9 Å². The molecule has 11 heteroatoms. The Morgan fingerprint density at radius 1 is 1.14 bits per heavy atom. The zero-order valence-corrected chi connectivity index (χ0v) is 21.1. The van der Waals surface area contributed by atoms with Crippen LogP contribution in [0.15, 0.2) is 36.7 Å². The largest absolute Gasteiger partial charge is 0.377 e. The molecule has 0 radical (unpaired) electrons. The Morgan fingerprint density at radius 2 is 1.92 bits per heavy atom. The fraction of sp³-hybridized carbons (Fsp3) is 0.423. The number of hydrogen-bond donors (Lipinski definition) is 2. The predicted octanol–water partition coefficient (Wildman–Crippen LogP) is 3.39. The third kappa shape index (κ3) is 5.46. The molecule has 0 aliphatic carbocycles. The van der Waals surface area contributed by atoms with Crippen molar-refractivity contribution in [1.29, 1.82) is 0 Å². The molecule has 0 unspecified atom stereocenters. The Bertz CT molecular complexity index is 1240. The topological polar surface area (TPSA) is 108 Å². The summed E-state index contributed by atoms with van der Waals surface area (Å²) in [6.45, 7) is 7.86. The summed E-state index contributed by atoms with van der Waals surface area (Å²) in [7, 11) is 0. The summed E-state index contributed by atoms with van der Waals surface area (Å²) in [5.41, 5.74) is 3.57. The highest BCUT2D eigenvalue weighted by atomic mass is 19.1. The molecule has 1 aromatic carbocycles. The minimum atomic E-state index is -0.462. The first-order chi connectivity index (χ1) is 18.1. The maximum absolute atomic E-state index is 13.4. The summed E-state index contributed by atoms with van der Waals surface area (Å²) in [6.07, 6.45) is 4.05. The Balaban J connectivity index is 1.50. The van der Waals surface area contributed by atoms with Crippen LogP contribution in [0.1, 0.15) is 31.5 Å². The standard InChI is InChI=1S/C26H31FN8O2/c1-3-20-16-37-12-11-35(20)24-21-9-10-34(25-29-13-18(27)14-30-25)15-22(21)32-23(33-24)17-5-7-19(8-6-17)31-26(36)28-4-2/h5-8,13-14,20H,3-4,9-12,15-16H2,1-2H3,(H2,28,31,36)/t20-/m0/s1. The summed E-state index contributed by atoms with van der Waals surface area (Å²) < 4.78 is 19.1. The van der Waals surface area contributed by atoms with Crippen molar-refractivity contribution in [2.24, 2.45) is 0 Å². The molecule has 1 fully saturated rings. The van der Waals surface area contributed by atoms with E-state index in [0.29, 0.717) is 50.3 Å². The molecule has 37 heavy (non-hydrogen) atoms. The van der Waals surface area contributed by atoms with Gasteiger partial charge in [0, 0.05) is 36.4 Å². The molecule has 2 aromatic heterocycles. The van der Waals surface area contributed by atoms with Crippen LogP contribution in [0.4, 0.5) is 26.6 Å². The fourth-order valence-electron chi connectivity index (χ4n) is 4.73. The zero-order valence-electron chi connectivity index (χ0n) is 21.1. The minimum Gasteiger partial charge on any atom is -0.377 e. The number of carbonyl (C=O) groups is 1. The molecule has 0 saturated carbocycles. The van der Waals surface area contributed by atoms with E-state index < -0.39 is 5.82 Å². The van der Waals surface area contributed by atoms with E-state index in [4.69, 9.17) is 14.7 Å². The monoisotopic (exact) mass is 506 g/mol. The summed E-state index contributed by atoms with van der Waals surface area (Å²) in [6, 6.07) is 7.50. The number of urea groups is 1. The predicted molar refractivity (Wildman–Crippen MR) is 139 cm³/mol. The second kappa shape index (κ2) is 11.0. The number of amides is 2. The fourth-order valence-corrected chi connectivity index (χ4v) is 4.73. The number of rotatable bonds is 6. The summed E-state index contributed by atoms with van der Waals surface area (Å²) in [5.74, 6) is 1.57. The molecule has 3 aromatic rings. The second-order valence-corrected chi connectivity index (χ2v) is 9.06. The van der Waals surface area contributed by atoms with E-state index in [1.54, 1.807) is 0 Å². The first-order valence-corrected chi connectivity index (χ1v) is 12.7. The number of benzene rings is 1. The third-order valence-electron chi connectivity index (χ3n) is 6.64. The van der Waals surface area contributed by atoms with E-state index in [1.165, 1.54) is 12.4 Å². The molecule has 10 nitrogen and oxygen atoms in total. The van der Waals surface area contributed by atoms with Crippen LogP contribution in [0.5, 0.6) is 0 Å². The van der Waals surface area contributed by atoms with Gasteiger partial charge in [0.15, 0.2) is 11.6 Å². The Hall–Kier alpha value is -3.86. The summed E-state index contributed by atoms with van der Waals surface area (Å²) >= 11 is 0. The molecular weight excluding hydrogens is 475 g/mol. The van der Waals surface area contributed by atoms with Gasteiger partial charge in [-0.25, -0.2) is 29.1 Å². The molecule has 2 aliphatic rings. The molecule has 5 rings (SSSR count). The number of carbonyl (C=O) groups excluding carboxylic acids is 1. The average Bonchev–Trinajstić information content (AvgIpc) is 2.93. The average molecular weight is 507 g/mol. The number of morpholine rings is 1. The SMILES string of the molecule is CCNC(=O)Nc1ccc(-c2nc3c(c(N4CCOC[C@@H]4CC)n2)CCN(c2ncc(F)cn2)C3)cc1. The Kier molecular flexibility index (Phi) is 7.40. The van der Waals surface area contributed by atoms with Gasteiger partial charge in [0.2, 0.25) is 5.95 Å². The summed E-state index contributed by atoms with van der Waals surface area (Å²) in [4.78, 5) is 34.6. The maximum atomic E-state index is 13.4. The van der Waals surface area contributed by atoms with Crippen LogP contribution in [-0.4, -0.2) is 64.9 Å². The highest BCUT2D eigenvalue weighted by Crippen LogP contribution is 2.33. The molecule has 0 bridgehead atoms. The number of halogens is 1. The van der Waals surface area contributed by atoms with E-state index >= 15 is 0 Å². The number of ether oxygens (including phenoxy) is 1. The Morgan fingerprint density at radius 3 is 2.65 bits per heavy atom. The molecule has 194 valence electrons. The smallest absolute Gasteiger partial charge is 0.319 e. The number of hydrogen-bond acceptors (Lipinski definition) is 8.